The molecule has 0 aliphatic carbocycles. The number of nitrogens with one attached hydrogen (secondary N) is 1. The summed E-state index contributed by atoms with van der Waals surface area (Å²) in [6.45, 7) is -0.184. The Morgan fingerprint density at radius 1 is 1.26 bits per heavy atom. The van der Waals surface area contributed by atoms with E-state index in [4.69, 9.17) is 0 Å². The zero-order valence-electron chi connectivity index (χ0n) is 11.5. The maximum Gasteiger partial charge on any atom is 0.397 e. The van der Waals surface area contributed by atoms with E-state index in [2.05, 4.69) is 20.6 Å². The molecule has 3 aromatic rings. The highest BCUT2D eigenvalue weighted by molar-refractivity contribution is 7.08. The molecule has 0 radical (unpaired) electrons. The summed E-state index contributed by atoms with van der Waals surface area (Å²) in [6.07, 6.45) is -6.07. The number of carbonyl (C=O) groups excluding carboxylic acids is 1. The lowest BCUT2D eigenvalue weighted by Crippen LogP contribution is -2.28. The van der Waals surface area contributed by atoms with Gasteiger partial charge >= 0.3 is 6.18 Å². The third kappa shape index (κ3) is 3.65. The fourth-order valence-corrected chi connectivity index (χ4v) is 2.58. The number of hydrogen-bond acceptors (Lipinski definition) is 5. The highest BCUT2D eigenvalue weighted by atomic mass is 32.1. The highest BCUT2D eigenvalue weighted by Gasteiger charge is 2.31. The minimum absolute atomic E-state index is 0.184. The number of amides is 1. The first-order valence-electron chi connectivity index (χ1n) is 6.50. The topological polar surface area (TPSA) is 72.2 Å². The van der Waals surface area contributed by atoms with Crippen LogP contribution in [-0.4, -0.2) is 31.9 Å². The van der Waals surface area contributed by atoms with E-state index in [0.29, 0.717) is 11.3 Å². The molecule has 0 spiro atoms. The molecular formula is C13H10F3N5OS. The van der Waals surface area contributed by atoms with Crippen molar-refractivity contribution in [2.75, 3.05) is 0 Å². The van der Waals surface area contributed by atoms with Crippen LogP contribution in [0.3, 0.4) is 0 Å². The van der Waals surface area contributed by atoms with E-state index >= 15 is 0 Å². The van der Waals surface area contributed by atoms with Crippen LogP contribution in [0.1, 0.15) is 12.2 Å². The number of carbonyl (C=O) groups is 1. The largest absolute Gasteiger partial charge is 0.397 e. The van der Waals surface area contributed by atoms with Crippen LogP contribution >= 0.6 is 11.3 Å². The molecule has 23 heavy (non-hydrogen) atoms. The molecule has 0 bridgehead atoms. The molecule has 0 aliphatic heterocycles. The number of nitrogens with zero attached hydrogens (tertiary/aromatic N) is 4. The summed E-state index contributed by atoms with van der Waals surface area (Å²) in [5, 5.41) is 18.1. The van der Waals surface area contributed by atoms with Crippen molar-refractivity contribution >= 4 is 22.9 Å². The molecule has 0 aliphatic rings. The summed E-state index contributed by atoms with van der Waals surface area (Å²) >= 11 is 1.52. The second-order valence-corrected chi connectivity index (χ2v) is 5.47. The van der Waals surface area contributed by atoms with Gasteiger partial charge in [-0.25, -0.2) is 0 Å². The lowest BCUT2D eigenvalue weighted by molar-refractivity contribution is -0.153. The van der Waals surface area contributed by atoms with Crippen molar-refractivity contribution in [3.63, 3.8) is 0 Å². The maximum absolute atomic E-state index is 12.1. The van der Waals surface area contributed by atoms with E-state index < -0.39 is 18.5 Å². The first kappa shape index (κ1) is 15.4. The first-order chi connectivity index (χ1) is 10.9. The summed E-state index contributed by atoms with van der Waals surface area (Å²) in [7, 11) is 0. The number of fused-ring (bicyclic) bond motifs is 1. The Bertz CT molecular complexity index is 828. The van der Waals surface area contributed by atoms with Gasteiger partial charge in [-0.15, -0.1) is 10.2 Å². The van der Waals surface area contributed by atoms with Crippen LogP contribution < -0.4 is 5.32 Å². The smallest absolute Gasteiger partial charge is 0.348 e. The third-order valence-electron chi connectivity index (χ3n) is 2.95. The fourth-order valence-electron chi connectivity index (χ4n) is 1.93. The summed E-state index contributed by atoms with van der Waals surface area (Å²) in [4.78, 5) is 11.2. The number of rotatable bonds is 4. The van der Waals surface area contributed by atoms with Crippen molar-refractivity contribution in [1.29, 1.82) is 0 Å². The second-order valence-electron chi connectivity index (χ2n) is 4.69. The molecule has 0 aromatic carbocycles. The molecule has 3 rings (SSSR count). The van der Waals surface area contributed by atoms with Gasteiger partial charge in [0.15, 0.2) is 11.5 Å². The van der Waals surface area contributed by atoms with Crippen LogP contribution in [-0.2, 0) is 11.3 Å². The van der Waals surface area contributed by atoms with Crippen LogP contribution in [0.5, 0.6) is 0 Å². The predicted molar refractivity (Wildman–Crippen MR) is 76.6 cm³/mol. The van der Waals surface area contributed by atoms with E-state index in [1.165, 1.54) is 15.9 Å². The zero-order valence-corrected chi connectivity index (χ0v) is 12.4. The Morgan fingerprint density at radius 3 is 2.78 bits per heavy atom. The average molecular weight is 341 g/mol. The molecule has 3 aromatic heterocycles. The van der Waals surface area contributed by atoms with Crippen LogP contribution in [0.15, 0.2) is 29.0 Å². The lowest BCUT2D eigenvalue weighted by Gasteiger charge is -2.07. The molecule has 0 saturated heterocycles. The third-order valence-corrected chi connectivity index (χ3v) is 3.63. The number of thiophene rings is 1. The Balaban J connectivity index is 1.79. The van der Waals surface area contributed by atoms with Gasteiger partial charge in [0.1, 0.15) is 6.42 Å². The van der Waals surface area contributed by atoms with Crippen molar-refractivity contribution in [2.45, 2.75) is 19.1 Å². The average Bonchev–Trinajstić information content (AvgIpc) is 3.12. The molecule has 10 heteroatoms. The van der Waals surface area contributed by atoms with Gasteiger partial charge in [-0.3, -0.25) is 4.79 Å². The number of halogens is 3. The maximum atomic E-state index is 12.1. The van der Waals surface area contributed by atoms with Gasteiger partial charge in [-0.2, -0.15) is 34.1 Å². The molecule has 0 unspecified atom stereocenters. The van der Waals surface area contributed by atoms with Gasteiger partial charge in [0.25, 0.3) is 0 Å². The number of hydrogen-bond donors (Lipinski definition) is 1. The van der Waals surface area contributed by atoms with E-state index in [-0.39, 0.29) is 12.4 Å². The van der Waals surface area contributed by atoms with Crippen LogP contribution in [0, 0.1) is 0 Å². The molecule has 0 atom stereocenters. The normalized spacial score (nSPS) is 11.8. The first-order valence-corrected chi connectivity index (χ1v) is 7.44. The van der Waals surface area contributed by atoms with Gasteiger partial charge in [0.05, 0.1) is 12.2 Å². The Morgan fingerprint density at radius 2 is 2.09 bits per heavy atom. The van der Waals surface area contributed by atoms with Gasteiger partial charge in [0.2, 0.25) is 5.91 Å². The molecular weight excluding hydrogens is 331 g/mol. The molecule has 1 N–H and O–H groups in total. The van der Waals surface area contributed by atoms with Gasteiger partial charge in [-0.05, 0) is 23.6 Å². The standard InChI is InChI=1S/C13H10F3N5OS/c14-13(15,16)5-12(22)17-6-11-19-18-10-2-1-9(20-21(10)11)8-3-4-23-7-8/h1-4,7H,5-6H2,(H,17,22). The molecule has 1 amide bonds. The number of aromatic nitrogens is 4. The van der Waals surface area contributed by atoms with E-state index in [1.54, 1.807) is 12.1 Å². The van der Waals surface area contributed by atoms with Crippen LogP contribution in [0.25, 0.3) is 16.9 Å². The van der Waals surface area contributed by atoms with Crippen molar-refractivity contribution in [2.24, 2.45) is 0 Å². The molecule has 0 fully saturated rings. The minimum atomic E-state index is -4.54. The predicted octanol–water partition coefficient (Wildman–Crippen LogP) is 2.42. The summed E-state index contributed by atoms with van der Waals surface area (Å²) < 4.78 is 37.8. The van der Waals surface area contributed by atoms with Crippen molar-refractivity contribution in [1.82, 2.24) is 25.1 Å². The highest BCUT2D eigenvalue weighted by Crippen LogP contribution is 2.20. The van der Waals surface area contributed by atoms with Gasteiger partial charge < -0.3 is 5.32 Å². The summed E-state index contributed by atoms with van der Waals surface area (Å²) in [6, 6.07) is 5.38. The van der Waals surface area contributed by atoms with E-state index in [9.17, 15) is 18.0 Å². The zero-order chi connectivity index (χ0) is 16.4. The Hall–Kier alpha value is -2.49. The second kappa shape index (κ2) is 5.95. The van der Waals surface area contributed by atoms with E-state index in [0.717, 1.165) is 5.56 Å². The molecule has 3 heterocycles. The van der Waals surface area contributed by atoms with Gasteiger partial charge in [-0.1, -0.05) is 0 Å². The van der Waals surface area contributed by atoms with E-state index in [1.807, 2.05) is 16.8 Å². The van der Waals surface area contributed by atoms with Crippen molar-refractivity contribution < 1.29 is 18.0 Å². The summed E-state index contributed by atoms with van der Waals surface area (Å²) in [5.41, 5.74) is 2.04. The van der Waals surface area contributed by atoms with Crippen LogP contribution in [0.2, 0.25) is 0 Å². The fraction of sp³-hybridized carbons (Fsp3) is 0.231. The van der Waals surface area contributed by atoms with Crippen molar-refractivity contribution in [3.05, 3.63) is 34.8 Å². The SMILES string of the molecule is O=C(CC(F)(F)F)NCc1nnc2ccc(-c3ccsc3)nn12. The minimum Gasteiger partial charge on any atom is -0.348 e. The molecule has 120 valence electrons. The van der Waals surface area contributed by atoms with Crippen molar-refractivity contribution in [3.8, 4) is 11.3 Å². The van der Waals surface area contributed by atoms with Gasteiger partial charge in [0, 0.05) is 10.9 Å². The molecule has 6 nitrogen and oxygen atoms in total. The Labute approximate surface area is 132 Å². The quantitative estimate of drug-likeness (QED) is 0.791. The van der Waals surface area contributed by atoms with Crippen LogP contribution in [0.4, 0.5) is 13.2 Å². The summed E-state index contributed by atoms with van der Waals surface area (Å²) in [5.74, 6) is -0.865. The monoisotopic (exact) mass is 341 g/mol. The number of alkyl halides is 3. The molecule has 0 saturated carbocycles. The Kier molecular flexibility index (Phi) is 3.99. The lowest BCUT2D eigenvalue weighted by atomic mass is 10.2.